The van der Waals surface area contributed by atoms with Crippen LogP contribution in [0.4, 0.5) is 0 Å². The van der Waals surface area contributed by atoms with Crippen molar-refractivity contribution in [1.82, 2.24) is 15.5 Å². The van der Waals surface area contributed by atoms with E-state index in [9.17, 15) is 19.5 Å². The second kappa shape index (κ2) is 8.08. The summed E-state index contributed by atoms with van der Waals surface area (Å²) in [4.78, 5) is 37.4. The molecule has 2 aliphatic heterocycles. The Kier molecular flexibility index (Phi) is 5.79. The summed E-state index contributed by atoms with van der Waals surface area (Å²) in [6, 6.07) is 8.07. The summed E-state index contributed by atoms with van der Waals surface area (Å²) in [5.41, 5.74) is 1.65. The van der Waals surface area contributed by atoms with E-state index in [1.807, 2.05) is 31.2 Å². The molecule has 2 heterocycles. The van der Waals surface area contributed by atoms with Gasteiger partial charge in [-0.05, 0) is 25.3 Å². The Hall–Kier alpha value is -2.41. The van der Waals surface area contributed by atoms with Gasteiger partial charge in [-0.2, -0.15) is 0 Å². The lowest BCUT2D eigenvalue weighted by Crippen LogP contribution is -2.55. The van der Waals surface area contributed by atoms with Gasteiger partial charge in [0.15, 0.2) is 0 Å². The lowest BCUT2D eigenvalue weighted by Gasteiger charge is -2.41. The Morgan fingerprint density at radius 3 is 2.56 bits per heavy atom. The van der Waals surface area contributed by atoms with Crippen molar-refractivity contribution in [2.24, 2.45) is 5.92 Å². The van der Waals surface area contributed by atoms with Crippen LogP contribution in [0, 0.1) is 12.8 Å². The molecule has 2 aliphatic rings. The largest absolute Gasteiger partial charge is 0.481 e. The standard InChI is InChI=1S/C20H27N3O4/c1-14-2-4-15(5-3-14)13-21-17(24)6-9-23-10-7-20(8-11-23)16(19(26)27)12-18(25)22-20/h2-5,16H,6-13H2,1H3,(H,21,24)(H,22,25)(H,26,27)/t16-/m1/s1. The van der Waals surface area contributed by atoms with Crippen molar-refractivity contribution >= 4 is 17.8 Å². The molecule has 1 aromatic rings. The summed E-state index contributed by atoms with van der Waals surface area (Å²) in [5.74, 6) is -1.72. The molecule has 2 saturated heterocycles. The van der Waals surface area contributed by atoms with Crippen LogP contribution >= 0.6 is 0 Å². The zero-order valence-electron chi connectivity index (χ0n) is 15.7. The minimum absolute atomic E-state index is 0.00782. The third kappa shape index (κ3) is 4.66. The second-order valence-electron chi connectivity index (χ2n) is 7.65. The van der Waals surface area contributed by atoms with Gasteiger partial charge < -0.3 is 20.6 Å². The van der Waals surface area contributed by atoms with E-state index in [0.717, 1.165) is 5.56 Å². The topological polar surface area (TPSA) is 98.7 Å². The van der Waals surface area contributed by atoms with E-state index in [1.165, 1.54) is 5.56 Å². The summed E-state index contributed by atoms with van der Waals surface area (Å²) in [7, 11) is 0. The fraction of sp³-hybridized carbons (Fsp3) is 0.550. The molecular formula is C20H27N3O4. The van der Waals surface area contributed by atoms with Crippen LogP contribution in [0.1, 0.15) is 36.8 Å². The first-order valence-electron chi connectivity index (χ1n) is 9.46. The molecule has 2 fully saturated rings. The molecule has 146 valence electrons. The first kappa shape index (κ1) is 19.4. The number of carbonyl (C=O) groups is 3. The predicted octanol–water partition coefficient (Wildman–Crippen LogP) is 1.06. The molecule has 2 amide bonds. The number of benzene rings is 1. The van der Waals surface area contributed by atoms with Crippen LogP contribution in [0.15, 0.2) is 24.3 Å². The maximum atomic E-state index is 12.1. The van der Waals surface area contributed by atoms with Gasteiger partial charge in [0.25, 0.3) is 0 Å². The van der Waals surface area contributed by atoms with Crippen LogP contribution in [-0.4, -0.2) is 53.0 Å². The number of aliphatic carboxylic acids is 1. The van der Waals surface area contributed by atoms with Crippen LogP contribution < -0.4 is 10.6 Å². The third-order valence-corrected chi connectivity index (χ3v) is 5.76. The maximum Gasteiger partial charge on any atom is 0.309 e. The van der Waals surface area contributed by atoms with Gasteiger partial charge >= 0.3 is 5.97 Å². The van der Waals surface area contributed by atoms with Crippen molar-refractivity contribution in [3.63, 3.8) is 0 Å². The van der Waals surface area contributed by atoms with Crippen molar-refractivity contribution in [2.45, 2.75) is 44.7 Å². The molecular weight excluding hydrogens is 346 g/mol. The molecule has 0 saturated carbocycles. The first-order valence-corrected chi connectivity index (χ1v) is 9.46. The Balaban J connectivity index is 1.41. The van der Waals surface area contributed by atoms with Gasteiger partial charge in [0.05, 0.1) is 11.5 Å². The fourth-order valence-corrected chi connectivity index (χ4v) is 4.02. The Morgan fingerprint density at radius 2 is 1.93 bits per heavy atom. The number of hydrogen-bond donors (Lipinski definition) is 3. The van der Waals surface area contributed by atoms with Gasteiger partial charge in [-0.15, -0.1) is 0 Å². The molecule has 1 atom stereocenters. The minimum Gasteiger partial charge on any atom is -0.481 e. The average Bonchev–Trinajstić information content (AvgIpc) is 2.97. The van der Waals surface area contributed by atoms with Gasteiger partial charge in [-0.1, -0.05) is 29.8 Å². The highest BCUT2D eigenvalue weighted by atomic mass is 16.4. The fourth-order valence-electron chi connectivity index (χ4n) is 4.02. The summed E-state index contributed by atoms with van der Waals surface area (Å²) < 4.78 is 0. The molecule has 0 aromatic heterocycles. The Morgan fingerprint density at radius 1 is 1.26 bits per heavy atom. The predicted molar refractivity (Wildman–Crippen MR) is 99.9 cm³/mol. The van der Waals surface area contributed by atoms with E-state index >= 15 is 0 Å². The van der Waals surface area contributed by atoms with Gasteiger partial charge in [-0.3, -0.25) is 14.4 Å². The maximum absolute atomic E-state index is 12.1. The van der Waals surface area contributed by atoms with Gasteiger partial charge in [-0.25, -0.2) is 0 Å². The molecule has 0 radical (unpaired) electrons. The van der Waals surface area contributed by atoms with Crippen LogP contribution in [0.25, 0.3) is 0 Å². The molecule has 7 heteroatoms. The normalized spacial score (nSPS) is 21.8. The van der Waals surface area contributed by atoms with Crippen molar-refractivity contribution in [3.8, 4) is 0 Å². The van der Waals surface area contributed by atoms with Crippen LogP contribution in [0.3, 0.4) is 0 Å². The minimum atomic E-state index is -0.905. The highest BCUT2D eigenvalue weighted by molar-refractivity contribution is 5.88. The van der Waals surface area contributed by atoms with E-state index in [2.05, 4.69) is 15.5 Å². The number of carboxylic acids is 1. The Labute approximate surface area is 159 Å². The lowest BCUT2D eigenvalue weighted by atomic mass is 9.77. The number of carbonyl (C=O) groups excluding carboxylic acids is 2. The zero-order valence-corrected chi connectivity index (χ0v) is 15.7. The quantitative estimate of drug-likeness (QED) is 0.692. The van der Waals surface area contributed by atoms with Crippen LogP contribution in [0.5, 0.6) is 0 Å². The second-order valence-corrected chi connectivity index (χ2v) is 7.65. The zero-order chi connectivity index (χ0) is 19.4. The molecule has 27 heavy (non-hydrogen) atoms. The summed E-state index contributed by atoms with van der Waals surface area (Å²) >= 11 is 0. The SMILES string of the molecule is Cc1ccc(CNC(=O)CCN2CCC3(CC2)NC(=O)C[C@@H]3C(=O)O)cc1. The summed E-state index contributed by atoms with van der Waals surface area (Å²) in [5, 5.41) is 15.2. The number of amides is 2. The van der Waals surface area contributed by atoms with Crippen molar-refractivity contribution in [3.05, 3.63) is 35.4 Å². The lowest BCUT2D eigenvalue weighted by molar-refractivity contribution is -0.144. The van der Waals surface area contributed by atoms with Crippen molar-refractivity contribution < 1.29 is 19.5 Å². The summed E-state index contributed by atoms with van der Waals surface area (Å²) in [6.07, 6.45) is 1.70. The molecule has 1 aromatic carbocycles. The summed E-state index contributed by atoms with van der Waals surface area (Å²) in [6.45, 7) is 4.57. The molecule has 1 spiro atoms. The molecule has 0 unspecified atom stereocenters. The van der Waals surface area contributed by atoms with Crippen molar-refractivity contribution in [1.29, 1.82) is 0 Å². The molecule has 3 rings (SSSR count). The number of nitrogens with one attached hydrogen (secondary N) is 2. The highest BCUT2D eigenvalue weighted by Crippen LogP contribution is 2.36. The molecule has 7 nitrogen and oxygen atoms in total. The van der Waals surface area contributed by atoms with E-state index in [0.29, 0.717) is 45.4 Å². The third-order valence-electron chi connectivity index (χ3n) is 5.76. The monoisotopic (exact) mass is 373 g/mol. The van der Waals surface area contributed by atoms with E-state index < -0.39 is 17.4 Å². The average molecular weight is 373 g/mol. The van der Waals surface area contributed by atoms with Crippen LogP contribution in [0.2, 0.25) is 0 Å². The number of likely N-dealkylation sites (tertiary alicyclic amines) is 1. The Bertz CT molecular complexity index is 708. The van der Waals surface area contributed by atoms with E-state index in [1.54, 1.807) is 0 Å². The molecule has 3 N–H and O–H groups in total. The number of nitrogens with zero attached hydrogens (tertiary/aromatic N) is 1. The van der Waals surface area contributed by atoms with Crippen molar-refractivity contribution in [2.75, 3.05) is 19.6 Å². The van der Waals surface area contributed by atoms with Crippen LogP contribution in [-0.2, 0) is 20.9 Å². The van der Waals surface area contributed by atoms with Gasteiger partial charge in [0.2, 0.25) is 11.8 Å². The number of aryl methyl sites for hydroxylation is 1. The van der Waals surface area contributed by atoms with E-state index in [4.69, 9.17) is 0 Å². The van der Waals surface area contributed by atoms with Gasteiger partial charge in [0.1, 0.15) is 0 Å². The molecule has 0 bridgehead atoms. The molecule has 0 aliphatic carbocycles. The number of carboxylic acid groups (broad SMARTS) is 1. The first-order chi connectivity index (χ1) is 12.9. The van der Waals surface area contributed by atoms with Gasteiger partial charge in [0, 0.05) is 39.0 Å². The smallest absolute Gasteiger partial charge is 0.309 e. The number of rotatable bonds is 6. The number of hydrogen-bond acceptors (Lipinski definition) is 4. The highest BCUT2D eigenvalue weighted by Gasteiger charge is 2.51. The van der Waals surface area contributed by atoms with E-state index in [-0.39, 0.29) is 18.2 Å². The number of piperidine rings is 1.